The van der Waals surface area contributed by atoms with Crippen LogP contribution in [0, 0.1) is 5.82 Å². The minimum atomic E-state index is -0.472. The summed E-state index contributed by atoms with van der Waals surface area (Å²) in [4.78, 5) is 25.3. The molecule has 3 nitrogen and oxygen atoms in total. The van der Waals surface area contributed by atoms with Crippen molar-refractivity contribution < 1.29 is 14.0 Å². The van der Waals surface area contributed by atoms with Gasteiger partial charge in [0, 0.05) is 19.4 Å². The Bertz CT molecular complexity index is 512. The highest BCUT2D eigenvalue weighted by molar-refractivity contribution is 5.96. The van der Waals surface area contributed by atoms with E-state index in [2.05, 4.69) is 0 Å². The molecule has 0 aliphatic carbocycles. The van der Waals surface area contributed by atoms with Gasteiger partial charge in [-0.25, -0.2) is 4.39 Å². The molecule has 1 saturated heterocycles. The molecule has 17 heavy (non-hydrogen) atoms. The zero-order valence-electron chi connectivity index (χ0n) is 9.28. The van der Waals surface area contributed by atoms with Crippen LogP contribution in [0.3, 0.4) is 0 Å². The molecule has 4 heteroatoms. The zero-order chi connectivity index (χ0) is 12.0. The lowest BCUT2D eigenvalue weighted by Crippen LogP contribution is -2.46. The topological polar surface area (TPSA) is 37.4 Å². The number of hydrogen-bond acceptors (Lipinski definition) is 2. The number of ketones is 1. The molecule has 1 aromatic rings. The van der Waals surface area contributed by atoms with Crippen molar-refractivity contribution in [3.05, 3.63) is 35.1 Å². The fraction of sp³-hybridized carbons (Fsp3) is 0.385. The van der Waals surface area contributed by atoms with E-state index >= 15 is 0 Å². The minimum absolute atomic E-state index is 0.0320. The lowest BCUT2D eigenvalue weighted by atomic mass is 9.86. The number of fused-ring (bicyclic) bond motifs is 3. The largest absolute Gasteiger partial charge is 0.328 e. The molecular formula is C13H12FNO2. The Kier molecular flexibility index (Phi) is 2.24. The Balaban J connectivity index is 2.09. The number of carbonyl (C=O) groups is 2. The molecule has 1 unspecified atom stereocenters. The molecule has 88 valence electrons. The molecular weight excluding hydrogens is 221 g/mol. The third kappa shape index (κ3) is 1.55. The van der Waals surface area contributed by atoms with Crippen molar-refractivity contribution in [2.75, 3.05) is 6.54 Å². The van der Waals surface area contributed by atoms with Gasteiger partial charge >= 0.3 is 0 Å². The molecule has 2 aliphatic rings. The van der Waals surface area contributed by atoms with Gasteiger partial charge in [0.25, 0.3) is 0 Å². The van der Waals surface area contributed by atoms with Gasteiger partial charge in [-0.1, -0.05) is 6.07 Å². The highest BCUT2D eigenvalue weighted by Crippen LogP contribution is 2.35. The van der Waals surface area contributed by atoms with Gasteiger partial charge in [-0.3, -0.25) is 9.59 Å². The van der Waals surface area contributed by atoms with Crippen LogP contribution in [0.15, 0.2) is 18.2 Å². The average molecular weight is 233 g/mol. The lowest BCUT2D eigenvalue weighted by Gasteiger charge is -2.39. The Labute approximate surface area is 98.2 Å². The fourth-order valence-electron chi connectivity index (χ4n) is 2.72. The molecule has 0 bridgehead atoms. The van der Waals surface area contributed by atoms with Crippen molar-refractivity contribution in [2.24, 2.45) is 0 Å². The first kappa shape index (κ1) is 10.4. The van der Waals surface area contributed by atoms with Crippen molar-refractivity contribution in [1.82, 2.24) is 4.90 Å². The van der Waals surface area contributed by atoms with E-state index in [9.17, 15) is 14.0 Å². The van der Waals surface area contributed by atoms with Crippen LogP contribution in [0.5, 0.6) is 0 Å². The van der Waals surface area contributed by atoms with Crippen LogP contribution in [0.4, 0.5) is 4.39 Å². The third-order valence-electron chi connectivity index (χ3n) is 3.54. The van der Waals surface area contributed by atoms with E-state index in [1.165, 1.54) is 12.1 Å². The van der Waals surface area contributed by atoms with Crippen molar-refractivity contribution in [2.45, 2.75) is 25.3 Å². The van der Waals surface area contributed by atoms with Gasteiger partial charge in [0.2, 0.25) is 5.91 Å². The molecule has 1 fully saturated rings. The monoisotopic (exact) mass is 233 g/mol. The van der Waals surface area contributed by atoms with Crippen molar-refractivity contribution >= 4 is 11.7 Å². The number of benzene rings is 1. The Morgan fingerprint density at radius 2 is 2.00 bits per heavy atom. The summed E-state index contributed by atoms with van der Waals surface area (Å²) >= 11 is 0. The summed E-state index contributed by atoms with van der Waals surface area (Å²) < 4.78 is 13.1. The molecule has 0 spiro atoms. The SMILES string of the molecule is O=C1CCC(=O)N2CCc3cc(F)ccc3C12. The average Bonchev–Trinajstić information content (AvgIpc) is 2.32. The van der Waals surface area contributed by atoms with Gasteiger partial charge in [-0.15, -0.1) is 0 Å². The quantitative estimate of drug-likeness (QED) is 0.682. The number of amides is 1. The van der Waals surface area contributed by atoms with E-state index in [0.29, 0.717) is 25.8 Å². The number of carbonyl (C=O) groups excluding carboxylic acids is 2. The highest BCUT2D eigenvalue weighted by atomic mass is 19.1. The number of Topliss-reactive ketones (excluding diaryl/α,β-unsaturated/α-hetero) is 1. The van der Waals surface area contributed by atoms with Gasteiger partial charge in [0.1, 0.15) is 11.9 Å². The number of rotatable bonds is 0. The van der Waals surface area contributed by atoms with E-state index in [-0.39, 0.29) is 17.5 Å². The summed E-state index contributed by atoms with van der Waals surface area (Å²) in [5.74, 6) is -0.187. The summed E-state index contributed by atoms with van der Waals surface area (Å²) in [5, 5.41) is 0. The van der Waals surface area contributed by atoms with Crippen LogP contribution >= 0.6 is 0 Å². The van der Waals surface area contributed by atoms with E-state index in [1.54, 1.807) is 11.0 Å². The maximum Gasteiger partial charge on any atom is 0.223 e. The minimum Gasteiger partial charge on any atom is -0.328 e. The molecule has 2 heterocycles. The fourth-order valence-corrected chi connectivity index (χ4v) is 2.72. The summed E-state index contributed by atoms with van der Waals surface area (Å²) in [5.41, 5.74) is 1.66. The predicted octanol–water partition coefficient (Wildman–Crippen LogP) is 1.61. The maximum absolute atomic E-state index is 13.1. The van der Waals surface area contributed by atoms with Crippen LogP contribution < -0.4 is 0 Å². The van der Waals surface area contributed by atoms with E-state index in [4.69, 9.17) is 0 Å². The number of hydrogen-bond donors (Lipinski definition) is 0. The van der Waals surface area contributed by atoms with Gasteiger partial charge < -0.3 is 4.90 Å². The number of piperidine rings is 1. The Hall–Kier alpha value is -1.71. The summed E-state index contributed by atoms with van der Waals surface area (Å²) in [6, 6.07) is 3.99. The predicted molar refractivity (Wildman–Crippen MR) is 58.8 cm³/mol. The highest BCUT2D eigenvalue weighted by Gasteiger charge is 2.38. The second kappa shape index (κ2) is 3.65. The first-order valence-corrected chi connectivity index (χ1v) is 5.77. The standard InChI is InChI=1S/C13H12FNO2/c14-9-1-2-10-8(7-9)5-6-15-12(17)4-3-11(16)13(10)15/h1-2,7,13H,3-6H2. The van der Waals surface area contributed by atoms with Crippen LogP contribution in [-0.4, -0.2) is 23.1 Å². The van der Waals surface area contributed by atoms with E-state index in [1.807, 2.05) is 0 Å². The van der Waals surface area contributed by atoms with Crippen LogP contribution in [-0.2, 0) is 16.0 Å². The van der Waals surface area contributed by atoms with E-state index in [0.717, 1.165) is 11.1 Å². The molecule has 0 radical (unpaired) electrons. The lowest BCUT2D eigenvalue weighted by molar-refractivity contribution is -0.145. The van der Waals surface area contributed by atoms with Gasteiger partial charge in [0.05, 0.1) is 0 Å². The van der Waals surface area contributed by atoms with Gasteiger partial charge in [-0.05, 0) is 29.7 Å². The molecule has 1 aromatic carbocycles. The first-order chi connectivity index (χ1) is 8.16. The van der Waals surface area contributed by atoms with Crippen molar-refractivity contribution in [1.29, 1.82) is 0 Å². The van der Waals surface area contributed by atoms with Crippen LogP contribution in [0.25, 0.3) is 0 Å². The summed E-state index contributed by atoms with van der Waals surface area (Å²) in [6.07, 6.45) is 1.24. The first-order valence-electron chi connectivity index (χ1n) is 5.77. The molecule has 0 N–H and O–H groups in total. The van der Waals surface area contributed by atoms with Gasteiger partial charge in [-0.2, -0.15) is 0 Å². The molecule has 0 aromatic heterocycles. The van der Waals surface area contributed by atoms with Gasteiger partial charge in [0.15, 0.2) is 5.78 Å². The molecule has 1 atom stereocenters. The summed E-state index contributed by atoms with van der Waals surface area (Å²) in [7, 11) is 0. The molecule has 0 saturated carbocycles. The number of halogens is 1. The second-order valence-corrected chi connectivity index (χ2v) is 4.55. The maximum atomic E-state index is 13.1. The van der Waals surface area contributed by atoms with Crippen molar-refractivity contribution in [3.8, 4) is 0 Å². The molecule has 2 aliphatic heterocycles. The second-order valence-electron chi connectivity index (χ2n) is 4.55. The Morgan fingerprint density at radius 1 is 1.18 bits per heavy atom. The molecule has 3 rings (SSSR count). The molecule has 1 amide bonds. The van der Waals surface area contributed by atoms with Crippen LogP contribution in [0.2, 0.25) is 0 Å². The zero-order valence-corrected chi connectivity index (χ0v) is 9.28. The third-order valence-corrected chi connectivity index (χ3v) is 3.54. The van der Waals surface area contributed by atoms with Crippen molar-refractivity contribution in [3.63, 3.8) is 0 Å². The summed E-state index contributed by atoms with van der Waals surface area (Å²) in [6.45, 7) is 0.520. The Morgan fingerprint density at radius 3 is 2.82 bits per heavy atom. The van der Waals surface area contributed by atoms with Crippen LogP contribution in [0.1, 0.15) is 30.0 Å². The normalized spacial score (nSPS) is 23.4. The van der Waals surface area contributed by atoms with E-state index < -0.39 is 6.04 Å². The number of nitrogens with zero attached hydrogens (tertiary/aromatic N) is 1. The smallest absolute Gasteiger partial charge is 0.223 e.